The molecule has 1 saturated heterocycles. The van der Waals surface area contributed by atoms with Gasteiger partial charge in [-0.3, -0.25) is 9.88 Å². The van der Waals surface area contributed by atoms with Crippen LogP contribution in [0.5, 0.6) is 0 Å². The molecule has 0 aliphatic carbocycles. The molecule has 2 rings (SSSR count). The van der Waals surface area contributed by atoms with Crippen LogP contribution in [0, 0.1) is 0 Å². The maximum Gasteiger partial charge on any atom is 0.0702 e. The molecule has 4 heteroatoms. The van der Waals surface area contributed by atoms with Gasteiger partial charge in [0.05, 0.1) is 11.8 Å². The van der Waals surface area contributed by atoms with Gasteiger partial charge >= 0.3 is 0 Å². The Morgan fingerprint density at radius 2 is 2.44 bits per heavy atom. The predicted octanol–water partition coefficient (Wildman–Crippen LogP) is 1.41. The molecule has 0 amide bonds. The highest BCUT2D eigenvalue weighted by Crippen LogP contribution is 2.14. The van der Waals surface area contributed by atoms with Crippen molar-refractivity contribution < 1.29 is 4.74 Å². The van der Waals surface area contributed by atoms with E-state index in [0.29, 0.717) is 6.10 Å². The van der Waals surface area contributed by atoms with Gasteiger partial charge in [-0.15, -0.1) is 0 Å². The second kappa shape index (κ2) is 6.83. The minimum absolute atomic E-state index is 0.409. The van der Waals surface area contributed by atoms with Gasteiger partial charge in [0.1, 0.15) is 0 Å². The van der Waals surface area contributed by atoms with Gasteiger partial charge < -0.3 is 10.1 Å². The van der Waals surface area contributed by atoms with Crippen molar-refractivity contribution >= 4 is 0 Å². The molecule has 18 heavy (non-hydrogen) atoms. The molecule has 1 aromatic rings. The summed E-state index contributed by atoms with van der Waals surface area (Å²) in [5.41, 5.74) is 2.44. The first-order valence-electron chi connectivity index (χ1n) is 6.67. The van der Waals surface area contributed by atoms with Crippen LogP contribution in [0.15, 0.2) is 18.3 Å². The monoisotopic (exact) mass is 249 g/mol. The zero-order chi connectivity index (χ0) is 12.8. The molecule has 0 saturated carbocycles. The number of nitrogens with one attached hydrogen (secondary N) is 1. The van der Waals surface area contributed by atoms with Gasteiger partial charge in [0.2, 0.25) is 0 Å². The SMILES string of the molecule is CNCc1cccnc1CN(C)CC1CCCO1. The van der Waals surface area contributed by atoms with E-state index < -0.39 is 0 Å². The van der Waals surface area contributed by atoms with E-state index in [1.54, 1.807) is 0 Å². The molecule has 1 aliphatic heterocycles. The third-order valence-electron chi connectivity index (χ3n) is 3.31. The van der Waals surface area contributed by atoms with Crippen LogP contribution in [0.4, 0.5) is 0 Å². The molecule has 100 valence electrons. The predicted molar refractivity (Wildman–Crippen MR) is 72.3 cm³/mol. The van der Waals surface area contributed by atoms with Crippen molar-refractivity contribution in [1.29, 1.82) is 0 Å². The zero-order valence-electron chi connectivity index (χ0n) is 11.4. The van der Waals surface area contributed by atoms with E-state index >= 15 is 0 Å². The minimum atomic E-state index is 0.409. The third kappa shape index (κ3) is 3.77. The molecular weight excluding hydrogens is 226 g/mol. The maximum atomic E-state index is 5.66. The van der Waals surface area contributed by atoms with Crippen molar-refractivity contribution in [3.05, 3.63) is 29.6 Å². The first-order chi connectivity index (χ1) is 8.79. The van der Waals surface area contributed by atoms with Crippen LogP contribution < -0.4 is 5.32 Å². The van der Waals surface area contributed by atoms with Crippen LogP contribution in [0.1, 0.15) is 24.1 Å². The lowest BCUT2D eigenvalue weighted by atomic mass is 10.1. The number of pyridine rings is 1. The summed E-state index contributed by atoms with van der Waals surface area (Å²) in [6.45, 7) is 3.68. The lowest BCUT2D eigenvalue weighted by Crippen LogP contribution is -2.29. The van der Waals surface area contributed by atoms with Gasteiger partial charge in [0.25, 0.3) is 0 Å². The van der Waals surface area contributed by atoms with Crippen molar-refractivity contribution in [2.45, 2.75) is 32.0 Å². The number of likely N-dealkylation sites (N-methyl/N-ethyl adjacent to an activating group) is 1. The standard InChI is InChI=1S/C14H23N3O/c1-15-9-12-5-3-7-16-14(12)11-17(2)10-13-6-4-8-18-13/h3,5,7,13,15H,4,6,8-11H2,1-2H3. The van der Waals surface area contributed by atoms with Crippen LogP contribution >= 0.6 is 0 Å². The Kier molecular flexibility index (Phi) is 5.11. The molecule has 0 aromatic carbocycles. The molecule has 2 heterocycles. The first-order valence-corrected chi connectivity index (χ1v) is 6.67. The number of hydrogen-bond acceptors (Lipinski definition) is 4. The Morgan fingerprint density at radius 3 is 3.17 bits per heavy atom. The summed E-state index contributed by atoms with van der Waals surface area (Å²) in [7, 11) is 4.10. The zero-order valence-corrected chi connectivity index (χ0v) is 11.4. The van der Waals surface area contributed by atoms with Crippen molar-refractivity contribution in [1.82, 2.24) is 15.2 Å². The Labute approximate surface area is 109 Å². The normalized spacial score (nSPS) is 19.6. The molecule has 0 bridgehead atoms. The van der Waals surface area contributed by atoms with Crippen molar-refractivity contribution in [3.63, 3.8) is 0 Å². The van der Waals surface area contributed by atoms with E-state index in [2.05, 4.69) is 28.3 Å². The van der Waals surface area contributed by atoms with Crippen LogP contribution in [0.3, 0.4) is 0 Å². The van der Waals surface area contributed by atoms with E-state index in [4.69, 9.17) is 4.74 Å². The average molecular weight is 249 g/mol. The lowest BCUT2D eigenvalue weighted by Gasteiger charge is -2.21. The summed E-state index contributed by atoms with van der Waals surface area (Å²) in [6.07, 6.45) is 4.67. The summed E-state index contributed by atoms with van der Waals surface area (Å²) in [6, 6.07) is 4.13. The van der Waals surface area contributed by atoms with Gasteiger partial charge in [-0.2, -0.15) is 0 Å². The number of hydrogen-bond donors (Lipinski definition) is 1. The molecule has 1 N–H and O–H groups in total. The van der Waals surface area contributed by atoms with Crippen LogP contribution in [-0.4, -0.2) is 43.2 Å². The molecule has 0 radical (unpaired) electrons. The van der Waals surface area contributed by atoms with Crippen LogP contribution in [0.25, 0.3) is 0 Å². The highest BCUT2D eigenvalue weighted by molar-refractivity contribution is 5.19. The Balaban J connectivity index is 1.90. The summed E-state index contributed by atoms with van der Waals surface area (Å²) in [4.78, 5) is 6.79. The van der Waals surface area contributed by atoms with Gasteiger partial charge in [-0.25, -0.2) is 0 Å². The van der Waals surface area contributed by atoms with Gasteiger partial charge in [-0.05, 0) is 38.6 Å². The third-order valence-corrected chi connectivity index (χ3v) is 3.31. The number of ether oxygens (including phenoxy) is 1. The van der Waals surface area contributed by atoms with Crippen molar-refractivity contribution in [2.75, 3.05) is 27.2 Å². The summed E-state index contributed by atoms with van der Waals surface area (Å²) in [5, 5.41) is 3.19. The molecular formula is C14H23N3O. The van der Waals surface area contributed by atoms with E-state index in [0.717, 1.165) is 31.9 Å². The molecule has 1 fully saturated rings. The van der Waals surface area contributed by atoms with Crippen molar-refractivity contribution in [3.8, 4) is 0 Å². The largest absolute Gasteiger partial charge is 0.377 e. The highest BCUT2D eigenvalue weighted by Gasteiger charge is 2.18. The topological polar surface area (TPSA) is 37.4 Å². The highest BCUT2D eigenvalue weighted by atomic mass is 16.5. The molecule has 1 unspecified atom stereocenters. The molecule has 1 aliphatic rings. The fourth-order valence-electron chi connectivity index (χ4n) is 2.42. The second-order valence-corrected chi connectivity index (χ2v) is 4.97. The van der Waals surface area contributed by atoms with Gasteiger partial charge in [0.15, 0.2) is 0 Å². The summed E-state index contributed by atoms with van der Waals surface area (Å²) >= 11 is 0. The molecule has 4 nitrogen and oxygen atoms in total. The second-order valence-electron chi connectivity index (χ2n) is 4.97. The molecule has 1 atom stereocenters. The Hall–Kier alpha value is -0.970. The summed E-state index contributed by atoms with van der Waals surface area (Å²) in [5.74, 6) is 0. The van der Waals surface area contributed by atoms with E-state index in [9.17, 15) is 0 Å². The van der Waals surface area contributed by atoms with Crippen molar-refractivity contribution in [2.24, 2.45) is 0 Å². The smallest absolute Gasteiger partial charge is 0.0702 e. The average Bonchev–Trinajstić information content (AvgIpc) is 2.84. The van der Waals surface area contributed by atoms with Crippen LogP contribution in [0.2, 0.25) is 0 Å². The molecule has 1 aromatic heterocycles. The van der Waals surface area contributed by atoms with E-state index in [1.165, 1.54) is 18.4 Å². The van der Waals surface area contributed by atoms with E-state index in [-0.39, 0.29) is 0 Å². The lowest BCUT2D eigenvalue weighted by molar-refractivity contribution is 0.0789. The number of nitrogens with zero attached hydrogens (tertiary/aromatic N) is 2. The van der Waals surface area contributed by atoms with Crippen LogP contribution in [-0.2, 0) is 17.8 Å². The maximum absolute atomic E-state index is 5.66. The fraction of sp³-hybridized carbons (Fsp3) is 0.643. The fourth-order valence-corrected chi connectivity index (χ4v) is 2.42. The summed E-state index contributed by atoms with van der Waals surface area (Å²) < 4.78 is 5.66. The Morgan fingerprint density at radius 1 is 1.56 bits per heavy atom. The first kappa shape index (κ1) is 13.5. The van der Waals surface area contributed by atoms with Gasteiger partial charge in [0, 0.05) is 32.4 Å². The minimum Gasteiger partial charge on any atom is -0.377 e. The molecule has 0 spiro atoms. The number of aromatic nitrogens is 1. The number of rotatable bonds is 6. The van der Waals surface area contributed by atoms with E-state index in [1.807, 2.05) is 19.3 Å². The Bertz CT molecular complexity index is 364. The quantitative estimate of drug-likeness (QED) is 0.827. The van der Waals surface area contributed by atoms with Gasteiger partial charge in [-0.1, -0.05) is 6.07 Å².